The quantitative estimate of drug-likeness (QED) is 0.824. The monoisotopic (exact) mass is 405 g/mol. The normalized spacial score (nSPS) is 23.3. The van der Waals surface area contributed by atoms with Gasteiger partial charge in [0.25, 0.3) is 0 Å². The van der Waals surface area contributed by atoms with Gasteiger partial charge in [-0.05, 0) is 50.7 Å². The zero-order valence-electron chi connectivity index (χ0n) is 18.2. The molecule has 0 saturated heterocycles. The van der Waals surface area contributed by atoms with Crippen molar-refractivity contribution in [2.45, 2.75) is 64.5 Å². The first kappa shape index (κ1) is 19.3. The van der Waals surface area contributed by atoms with Crippen LogP contribution < -0.4 is 15.1 Å². The number of carbonyl (C=O) groups excluding carboxylic acids is 1. The summed E-state index contributed by atoms with van der Waals surface area (Å²) in [7, 11) is 1.85. The van der Waals surface area contributed by atoms with Crippen molar-refractivity contribution in [3.63, 3.8) is 0 Å². The minimum atomic E-state index is -0.462. The molecule has 2 aliphatic carbocycles. The smallest absolute Gasteiger partial charge is 0.234 e. The highest BCUT2D eigenvalue weighted by atomic mass is 16.2. The van der Waals surface area contributed by atoms with E-state index in [4.69, 9.17) is 4.98 Å². The summed E-state index contributed by atoms with van der Waals surface area (Å²) in [5.74, 6) is 1.67. The van der Waals surface area contributed by atoms with Crippen LogP contribution in [0.1, 0.15) is 63.1 Å². The van der Waals surface area contributed by atoms with Gasteiger partial charge in [0.2, 0.25) is 11.9 Å². The molecule has 0 unspecified atom stereocenters. The lowest BCUT2D eigenvalue weighted by molar-refractivity contribution is -0.125. The Kier molecular flexibility index (Phi) is 4.68. The van der Waals surface area contributed by atoms with Crippen molar-refractivity contribution in [1.29, 1.82) is 0 Å². The average Bonchev–Trinajstić information content (AvgIpc) is 3.40. The molecule has 3 aliphatic rings. The van der Waals surface area contributed by atoms with Gasteiger partial charge in [-0.25, -0.2) is 4.98 Å². The maximum absolute atomic E-state index is 13.1. The van der Waals surface area contributed by atoms with Crippen molar-refractivity contribution in [2.24, 2.45) is 5.41 Å². The fourth-order valence-corrected chi connectivity index (χ4v) is 5.40. The van der Waals surface area contributed by atoms with Crippen LogP contribution in [0.3, 0.4) is 0 Å². The number of carbonyl (C=O) groups is 1. The van der Waals surface area contributed by atoms with Crippen LogP contribution in [-0.2, 0) is 11.2 Å². The van der Waals surface area contributed by atoms with E-state index in [1.807, 2.05) is 27.1 Å². The van der Waals surface area contributed by atoms with Gasteiger partial charge in [0.15, 0.2) is 5.82 Å². The molecule has 6 nitrogen and oxygen atoms in total. The Morgan fingerprint density at radius 1 is 1.13 bits per heavy atom. The molecule has 2 heterocycles. The number of amides is 1. The minimum Gasteiger partial charge on any atom is -0.351 e. The Bertz CT molecular complexity index is 966. The van der Waals surface area contributed by atoms with Crippen LogP contribution in [0.5, 0.6) is 0 Å². The molecule has 1 aromatic heterocycles. The first-order valence-corrected chi connectivity index (χ1v) is 11.2. The Labute approximate surface area is 178 Å². The summed E-state index contributed by atoms with van der Waals surface area (Å²) in [6, 6.07) is 9.29. The van der Waals surface area contributed by atoms with Crippen molar-refractivity contribution in [2.75, 3.05) is 28.7 Å². The maximum atomic E-state index is 13.1. The molecule has 2 aromatic rings. The SMILES string of the molecule is CN1C(=O)C(C)(C)CN(C2CCCC2)c2nc(N[C@@H]3CCc4ccccc43)ncc21. The van der Waals surface area contributed by atoms with E-state index in [1.165, 1.54) is 24.0 Å². The second kappa shape index (κ2) is 7.25. The van der Waals surface area contributed by atoms with E-state index in [0.717, 1.165) is 37.2 Å². The standard InChI is InChI=1S/C24H31N5O/c1-24(2)15-29(17-9-5-6-10-17)21-20(28(3)22(24)30)14-25-23(27-21)26-19-13-12-16-8-4-7-11-18(16)19/h4,7-8,11,14,17,19H,5-6,9-10,12-13,15H2,1-3H3,(H,25,26,27)/t19-/m1/s1. The van der Waals surface area contributed by atoms with Crippen LogP contribution in [0.2, 0.25) is 0 Å². The number of nitrogens with one attached hydrogen (secondary N) is 1. The second-order valence-electron chi connectivity index (χ2n) is 9.65. The Morgan fingerprint density at radius 2 is 1.90 bits per heavy atom. The number of fused-ring (bicyclic) bond motifs is 2. The molecule has 0 bridgehead atoms. The number of benzene rings is 1. The van der Waals surface area contributed by atoms with Crippen LogP contribution in [0.25, 0.3) is 0 Å². The fourth-order valence-electron chi connectivity index (χ4n) is 5.40. The highest BCUT2D eigenvalue weighted by Gasteiger charge is 2.41. The molecule has 1 aliphatic heterocycles. The minimum absolute atomic E-state index is 0.123. The zero-order chi connectivity index (χ0) is 20.9. The number of hydrogen-bond acceptors (Lipinski definition) is 5. The van der Waals surface area contributed by atoms with Gasteiger partial charge in [-0.2, -0.15) is 4.98 Å². The topological polar surface area (TPSA) is 61.4 Å². The number of nitrogens with zero attached hydrogens (tertiary/aromatic N) is 4. The molecule has 1 atom stereocenters. The third-order valence-corrected chi connectivity index (χ3v) is 7.03. The fraction of sp³-hybridized carbons (Fsp3) is 0.542. The first-order valence-electron chi connectivity index (χ1n) is 11.2. The molecule has 6 heteroatoms. The molecular weight excluding hydrogens is 374 g/mol. The van der Waals surface area contributed by atoms with Crippen LogP contribution in [0.4, 0.5) is 17.5 Å². The molecule has 1 fully saturated rings. The third-order valence-electron chi connectivity index (χ3n) is 7.03. The molecule has 1 N–H and O–H groups in total. The lowest BCUT2D eigenvalue weighted by Crippen LogP contribution is -2.45. The van der Waals surface area contributed by atoms with Gasteiger partial charge in [0.05, 0.1) is 17.7 Å². The molecule has 5 rings (SSSR count). The Balaban J connectivity index is 1.51. The molecule has 0 radical (unpaired) electrons. The van der Waals surface area contributed by atoms with Gasteiger partial charge >= 0.3 is 0 Å². The number of anilines is 3. The Morgan fingerprint density at radius 3 is 2.70 bits per heavy atom. The number of hydrogen-bond donors (Lipinski definition) is 1. The largest absolute Gasteiger partial charge is 0.351 e. The molecule has 1 saturated carbocycles. The third kappa shape index (κ3) is 3.22. The molecule has 158 valence electrons. The summed E-state index contributed by atoms with van der Waals surface area (Å²) in [6.45, 7) is 4.78. The van der Waals surface area contributed by atoms with Gasteiger partial charge in [-0.3, -0.25) is 4.79 Å². The summed E-state index contributed by atoms with van der Waals surface area (Å²) >= 11 is 0. The van der Waals surface area contributed by atoms with Crippen molar-refractivity contribution in [1.82, 2.24) is 9.97 Å². The zero-order valence-corrected chi connectivity index (χ0v) is 18.2. The van der Waals surface area contributed by atoms with Crippen LogP contribution in [0, 0.1) is 5.41 Å². The van der Waals surface area contributed by atoms with Gasteiger partial charge in [-0.15, -0.1) is 0 Å². The maximum Gasteiger partial charge on any atom is 0.234 e. The summed E-state index contributed by atoms with van der Waals surface area (Å²) in [6.07, 6.45) is 8.78. The van der Waals surface area contributed by atoms with Crippen LogP contribution in [0.15, 0.2) is 30.5 Å². The van der Waals surface area contributed by atoms with Crippen LogP contribution >= 0.6 is 0 Å². The lowest BCUT2D eigenvalue weighted by Gasteiger charge is -2.34. The molecule has 1 amide bonds. The first-order chi connectivity index (χ1) is 14.4. The highest BCUT2D eigenvalue weighted by Crippen LogP contribution is 2.41. The Hall–Kier alpha value is -2.63. The molecule has 30 heavy (non-hydrogen) atoms. The predicted molar refractivity (Wildman–Crippen MR) is 120 cm³/mol. The van der Waals surface area contributed by atoms with E-state index < -0.39 is 5.41 Å². The second-order valence-corrected chi connectivity index (χ2v) is 9.65. The van der Waals surface area contributed by atoms with Crippen molar-refractivity contribution >= 4 is 23.4 Å². The van der Waals surface area contributed by atoms with Gasteiger partial charge in [0, 0.05) is 19.6 Å². The lowest BCUT2D eigenvalue weighted by atomic mass is 9.91. The number of aryl methyl sites for hydroxylation is 1. The predicted octanol–water partition coefficient (Wildman–Crippen LogP) is 4.33. The summed E-state index contributed by atoms with van der Waals surface area (Å²) in [5, 5.41) is 3.57. The molecule has 0 spiro atoms. The van der Waals surface area contributed by atoms with E-state index in [1.54, 1.807) is 4.90 Å². The average molecular weight is 406 g/mol. The van der Waals surface area contributed by atoms with E-state index in [2.05, 4.69) is 39.5 Å². The number of rotatable bonds is 3. The van der Waals surface area contributed by atoms with Gasteiger partial charge < -0.3 is 15.1 Å². The van der Waals surface area contributed by atoms with E-state index in [0.29, 0.717) is 18.5 Å². The van der Waals surface area contributed by atoms with E-state index in [-0.39, 0.29) is 11.9 Å². The summed E-state index contributed by atoms with van der Waals surface area (Å²) in [5.41, 5.74) is 3.10. The number of aromatic nitrogens is 2. The van der Waals surface area contributed by atoms with Crippen molar-refractivity contribution < 1.29 is 4.79 Å². The van der Waals surface area contributed by atoms with Gasteiger partial charge in [-0.1, -0.05) is 37.1 Å². The van der Waals surface area contributed by atoms with Crippen molar-refractivity contribution in [3.8, 4) is 0 Å². The van der Waals surface area contributed by atoms with Crippen molar-refractivity contribution in [3.05, 3.63) is 41.6 Å². The summed E-state index contributed by atoms with van der Waals surface area (Å²) < 4.78 is 0. The van der Waals surface area contributed by atoms with E-state index >= 15 is 0 Å². The van der Waals surface area contributed by atoms with E-state index in [9.17, 15) is 4.79 Å². The molecular formula is C24H31N5O. The summed E-state index contributed by atoms with van der Waals surface area (Å²) in [4.78, 5) is 26.9. The van der Waals surface area contributed by atoms with Gasteiger partial charge in [0.1, 0.15) is 5.69 Å². The highest BCUT2D eigenvalue weighted by molar-refractivity contribution is 6.00. The molecule has 1 aromatic carbocycles. The van der Waals surface area contributed by atoms with Crippen LogP contribution in [-0.4, -0.2) is 35.5 Å².